The zero-order valence-corrected chi connectivity index (χ0v) is 6.77. The summed E-state index contributed by atoms with van der Waals surface area (Å²) in [5, 5.41) is 8.73. The summed E-state index contributed by atoms with van der Waals surface area (Å²) in [4.78, 5) is 4.06. The number of aromatic nitrogens is 1. The Morgan fingerprint density at radius 1 is 1.67 bits per heavy atom. The van der Waals surface area contributed by atoms with Gasteiger partial charge in [-0.1, -0.05) is 12.1 Å². The average molecular weight is 164 g/mol. The van der Waals surface area contributed by atoms with Crippen LogP contribution in [-0.4, -0.2) is 10.1 Å². The number of pyridine rings is 1. The lowest BCUT2D eigenvalue weighted by molar-refractivity contribution is 0.281. The van der Waals surface area contributed by atoms with E-state index in [1.54, 1.807) is 24.4 Å². The van der Waals surface area contributed by atoms with Gasteiger partial charge < -0.3 is 10.8 Å². The van der Waals surface area contributed by atoms with Crippen LogP contribution in [0, 0.1) is 0 Å². The Morgan fingerprint density at radius 3 is 2.83 bits per heavy atom. The molecule has 64 valence electrons. The van der Waals surface area contributed by atoms with Crippen LogP contribution in [-0.2, 0) is 6.61 Å². The maximum Gasteiger partial charge on any atom is 0.0696 e. The van der Waals surface area contributed by atoms with Gasteiger partial charge in [0.1, 0.15) is 0 Å². The zero-order chi connectivity index (χ0) is 8.97. The first-order valence-electron chi connectivity index (χ1n) is 3.71. The van der Waals surface area contributed by atoms with Crippen molar-refractivity contribution in [1.29, 1.82) is 0 Å². The van der Waals surface area contributed by atoms with Gasteiger partial charge in [-0.2, -0.15) is 0 Å². The van der Waals surface area contributed by atoms with Gasteiger partial charge in [0.2, 0.25) is 0 Å². The van der Waals surface area contributed by atoms with E-state index in [0.717, 1.165) is 11.3 Å². The first kappa shape index (κ1) is 8.90. The number of hydrogen-bond donors (Lipinski definition) is 2. The molecule has 3 heteroatoms. The Bertz CT molecular complexity index is 256. The molecule has 1 atom stereocenters. The van der Waals surface area contributed by atoms with Crippen molar-refractivity contribution in [3.05, 3.63) is 42.2 Å². The third-order valence-corrected chi connectivity index (χ3v) is 1.63. The zero-order valence-electron chi connectivity index (χ0n) is 6.77. The minimum atomic E-state index is -0.224. The molecule has 1 aromatic heterocycles. The molecule has 0 saturated heterocycles. The lowest BCUT2D eigenvalue weighted by atomic mass is 10.2. The molecule has 0 aliphatic rings. The molecular formula is C9H12N2O. The first-order chi connectivity index (χ1) is 5.77. The molecule has 0 spiro atoms. The van der Waals surface area contributed by atoms with Gasteiger partial charge in [0, 0.05) is 6.20 Å². The van der Waals surface area contributed by atoms with Crippen molar-refractivity contribution in [2.45, 2.75) is 12.6 Å². The number of hydrogen-bond acceptors (Lipinski definition) is 3. The van der Waals surface area contributed by atoms with E-state index in [1.165, 1.54) is 0 Å². The van der Waals surface area contributed by atoms with Crippen LogP contribution < -0.4 is 5.73 Å². The molecule has 1 aromatic rings. The first-order valence-corrected chi connectivity index (χ1v) is 3.71. The summed E-state index contributed by atoms with van der Waals surface area (Å²) in [5.41, 5.74) is 7.20. The summed E-state index contributed by atoms with van der Waals surface area (Å²) in [6.07, 6.45) is 3.24. The highest BCUT2D eigenvalue weighted by atomic mass is 16.3. The monoisotopic (exact) mass is 164 g/mol. The predicted molar refractivity (Wildman–Crippen MR) is 47.3 cm³/mol. The van der Waals surface area contributed by atoms with Crippen LogP contribution in [0.3, 0.4) is 0 Å². The van der Waals surface area contributed by atoms with E-state index in [0.29, 0.717) is 0 Å². The van der Waals surface area contributed by atoms with Crippen molar-refractivity contribution in [3.8, 4) is 0 Å². The fourth-order valence-electron chi connectivity index (χ4n) is 0.847. The third kappa shape index (κ3) is 1.90. The number of aliphatic hydroxyl groups excluding tert-OH is 1. The fourth-order valence-corrected chi connectivity index (χ4v) is 0.847. The lowest BCUT2D eigenvalue weighted by Gasteiger charge is -2.04. The summed E-state index contributed by atoms with van der Waals surface area (Å²) in [6, 6.07) is 3.36. The average Bonchev–Trinajstić information content (AvgIpc) is 2.17. The highest BCUT2D eigenvalue weighted by Crippen LogP contribution is 2.08. The molecule has 0 aromatic carbocycles. The fraction of sp³-hybridized carbons (Fsp3) is 0.222. The van der Waals surface area contributed by atoms with E-state index in [-0.39, 0.29) is 12.6 Å². The highest BCUT2D eigenvalue weighted by molar-refractivity contribution is 5.17. The molecule has 0 saturated carbocycles. The maximum atomic E-state index is 8.73. The Labute approximate surface area is 71.6 Å². The minimum absolute atomic E-state index is 0.0105. The standard InChI is InChI=1S/C9H12N2O/c1-2-8(10)9-4-3-7(6-12)5-11-9/h2-5,8,12H,1,6,10H2. The number of rotatable bonds is 3. The summed E-state index contributed by atoms with van der Waals surface area (Å²) in [5.74, 6) is 0. The van der Waals surface area contributed by atoms with E-state index < -0.39 is 0 Å². The normalized spacial score (nSPS) is 12.5. The van der Waals surface area contributed by atoms with Crippen LogP contribution in [0.15, 0.2) is 31.0 Å². The topological polar surface area (TPSA) is 59.1 Å². The SMILES string of the molecule is C=CC(N)c1ccc(CO)cn1. The predicted octanol–water partition coefficient (Wildman–Crippen LogP) is 0.760. The van der Waals surface area contributed by atoms with Crippen LogP contribution in [0.25, 0.3) is 0 Å². The molecule has 0 amide bonds. The van der Waals surface area contributed by atoms with Crippen molar-refractivity contribution in [2.24, 2.45) is 5.73 Å². The summed E-state index contributed by atoms with van der Waals surface area (Å²) >= 11 is 0. The molecule has 0 fully saturated rings. The molecule has 1 unspecified atom stereocenters. The molecule has 1 rings (SSSR count). The minimum Gasteiger partial charge on any atom is -0.392 e. The van der Waals surface area contributed by atoms with E-state index in [4.69, 9.17) is 10.8 Å². The molecular weight excluding hydrogens is 152 g/mol. The number of nitrogens with zero attached hydrogens (tertiary/aromatic N) is 1. The lowest BCUT2D eigenvalue weighted by Crippen LogP contribution is -2.08. The van der Waals surface area contributed by atoms with Gasteiger partial charge >= 0.3 is 0 Å². The van der Waals surface area contributed by atoms with E-state index in [2.05, 4.69) is 11.6 Å². The molecule has 1 heterocycles. The van der Waals surface area contributed by atoms with Crippen LogP contribution in [0.2, 0.25) is 0 Å². The molecule has 0 aliphatic heterocycles. The van der Waals surface area contributed by atoms with Crippen molar-refractivity contribution in [1.82, 2.24) is 4.98 Å². The van der Waals surface area contributed by atoms with Crippen LogP contribution in [0.4, 0.5) is 0 Å². The van der Waals surface area contributed by atoms with Gasteiger partial charge in [0.15, 0.2) is 0 Å². The Morgan fingerprint density at radius 2 is 2.42 bits per heavy atom. The van der Waals surface area contributed by atoms with Gasteiger partial charge in [-0.15, -0.1) is 6.58 Å². The highest BCUT2D eigenvalue weighted by Gasteiger charge is 2.01. The molecule has 0 bridgehead atoms. The van der Waals surface area contributed by atoms with E-state index in [1.807, 2.05) is 0 Å². The van der Waals surface area contributed by atoms with Crippen LogP contribution in [0.1, 0.15) is 17.3 Å². The summed E-state index contributed by atoms with van der Waals surface area (Å²) < 4.78 is 0. The Balaban J connectivity index is 2.84. The van der Waals surface area contributed by atoms with Gasteiger partial charge in [0.05, 0.1) is 18.3 Å². The largest absolute Gasteiger partial charge is 0.392 e. The third-order valence-electron chi connectivity index (χ3n) is 1.63. The van der Waals surface area contributed by atoms with Crippen LogP contribution in [0.5, 0.6) is 0 Å². The Hall–Kier alpha value is -1.19. The molecule has 12 heavy (non-hydrogen) atoms. The number of aliphatic hydroxyl groups is 1. The maximum absolute atomic E-state index is 8.73. The van der Waals surface area contributed by atoms with Gasteiger partial charge in [-0.25, -0.2) is 0 Å². The molecule has 3 nitrogen and oxygen atoms in total. The second kappa shape index (κ2) is 3.99. The van der Waals surface area contributed by atoms with Gasteiger partial charge in [-0.05, 0) is 11.6 Å². The summed E-state index contributed by atoms with van der Waals surface area (Å²) in [7, 11) is 0. The second-order valence-corrected chi connectivity index (χ2v) is 2.51. The van der Waals surface area contributed by atoms with Crippen LogP contribution >= 0.6 is 0 Å². The molecule has 0 radical (unpaired) electrons. The van der Waals surface area contributed by atoms with Crippen molar-refractivity contribution < 1.29 is 5.11 Å². The Kier molecular flexibility index (Phi) is 2.96. The quantitative estimate of drug-likeness (QED) is 0.648. The van der Waals surface area contributed by atoms with E-state index in [9.17, 15) is 0 Å². The van der Waals surface area contributed by atoms with Crippen molar-refractivity contribution in [3.63, 3.8) is 0 Å². The van der Waals surface area contributed by atoms with E-state index >= 15 is 0 Å². The number of nitrogens with two attached hydrogens (primary N) is 1. The summed E-state index contributed by atoms with van der Waals surface area (Å²) in [6.45, 7) is 3.58. The second-order valence-electron chi connectivity index (χ2n) is 2.51. The molecule has 0 aliphatic carbocycles. The van der Waals surface area contributed by atoms with Crippen molar-refractivity contribution >= 4 is 0 Å². The van der Waals surface area contributed by atoms with Gasteiger partial charge in [0.25, 0.3) is 0 Å². The van der Waals surface area contributed by atoms with Gasteiger partial charge in [-0.3, -0.25) is 4.98 Å². The van der Waals surface area contributed by atoms with Crippen molar-refractivity contribution in [2.75, 3.05) is 0 Å². The molecule has 3 N–H and O–H groups in total. The smallest absolute Gasteiger partial charge is 0.0696 e.